The van der Waals surface area contributed by atoms with E-state index < -0.39 is 5.91 Å². The number of amides is 1. The summed E-state index contributed by atoms with van der Waals surface area (Å²) in [5.74, 6) is 0.919. The van der Waals surface area contributed by atoms with Crippen molar-refractivity contribution in [3.63, 3.8) is 0 Å². The predicted octanol–water partition coefficient (Wildman–Crippen LogP) is 2.11. The lowest BCUT2D eigenvalue weighted by Crippen LogP contribution is -2.38. The van der Waals surface area contributed by atoms with E-state index in [-0.39, 0.29) is 0 Å². The van der Waals surface area contributed by atoms with Crippen LogP contribution >= 0.6 is 15.9 Å². The second-order valence-corrected chi connectivity index (χ2v) is 6.81. The summed E-state index contributed by atoms with van der Waals surface area (Å²) in [5.41, 5.74) is 13.2. The van der Waals surface area contributed by atoms with E-state index in [2.05, 4.69) is 20.8 Å². The lowest BCUT2D eigenvalue weighted by atomic mass is 9.78. The fourth-order valence-electron chi connectivity index (χ4n) is 3.63. The van der Waals surface area contributed by atoms with Gasteiger partial charge in [-0.25, -0.2) is 0 Å². The van der Waals surface area contributed by atoms with Crippen molar-refractivity contribution in [3.8, 4) is 0 Å². The van der Waals surface area contributed by atoms with Gasteiger partial charge in [0.25, 0.3) is 0 Å². The third-order valence-electron chi connectivity index (χ3n) is 4.73. The van der Waals surface area contributed by atoms with Crippen molar-refractivity contribution >= 4 is 27.5 Å². The summed E-state index contributed by atoms with van der Waals surface area (Å²) >= 11 is 3.56. The Morgan fingerprint density at radius 3 is 2.75 bits per heavy atom. The van der Waals surface area contributed by atoms with Gasteiger partial charge >= 0.3 is 0 Å². The molecule has 1 amide bonds. The van der Waals surface area contributed by atoms with Gasteiger partial charge in [0.2, 0.25) is 5.91 Å². The van der Waals surface area contributed by atoms with Gasteiger partial charge in [-0.2, -0.15) is 0 Å². The third kappa shape index (κ3) is 2.44. The highest BCUT2D eigenvalue weighted by molar-refractivity contribution is 9.10. The van der Waals surface area contributed by atoms with Crippen LogP contribution in [0.25, 0.3) is 0 Å². The fourth-order valence-corrected chi connectivity index (χ4v) is 4.26. The van der Waals surface area contributed by atoms with Crippen LogP contribution in [0.15, 0.2) is 22.7 Å². The van der Waals surface area contributed by atoms with E-state index >= 15 is 0 Å². The van der Waals surface area contributed by atoms with E-state index in [9.17, 15) is 4.79 Å². The van der Waals surface area contributed by atoms with Gasteiger partial charge < -0.3 is 16.4 Å². The lowest BCUT2D eigenvalue weighted by Gasteiger charge is -2.29. The quantitative estimate of drug-likeness (QED) is 0.868. The SMILES string of the molecule is NC(=O)c1ccc(N2CC3CCCC(N)C3C2)c(Br)c1. The second-order valence-electron chi connectivity index (χ2n) is 5.95. The molecule has 2 fully saturated rings. The molecule has 0 radical (unpaired) electrons. The van der Waals surface area contributed by atoms with Crippen molar-refractivity contribution in [1.29, 1.82) is 0 Å². The van der Waals surface area contributed by atoms with Crippen LogP contribution in [0.5, 0.6) is 0 Å². The highest BCUT2D eigenvalue weighted by atomic mass is 79.9. The van der Waals surface area contributed by atoms with E-state index in [1.54, 1.807) is 12.1 Å². The molecule has 3 unspecified atom stereocenters. The first kappa shape index (κ1) is 13.9. The number of carbonyl (C=O) groups is 1. The molecule has 3 atom stereocenters. The minimum atomic E-state index is -0.394. The summed E-state index contributed by atoms with van der Waals surface area (Å²) in [4.78, 5) is 13.6. The third-order valence-corrected chi connectivity index (χ3v) is 5.36. The minimum Gasteiger partial charge on any atom is -0.370 e. The highest BCUT2D eigenvalue weighted by Gasteiger charge is 2.39. The van der Waals surface area contributed by atoms with Gasteiger partial charge in [-0.05, 0) is 58.8 Å². The molecule has 0 aromatic heterocycles. The monoisotopic (exact) mass is 337 g/mol. The zero-order valence-electron chi connectivity index (χ0n) is 11.4. The van der Waals surface area contributed by atoms with Crippen LogP contribution in [-0.2, 0) is 0 Å². The van der Waals surface area contributed by atoms with Gasteiger partial charge in [-0.3, -0.25) is 4.79 Å². The van der Waals surface area contributed by atoms with Crippen LogP contribution in [0.3, 0.4) is 0 Å². The van der Waals surface area contributed by atoms with E-state index in [4.69, 9.17) is 11.5 Å². The van der Waals surface area contributed by atoms with Crippen molar-refractivity contribution in [1.82, 2.24) is 0 Å². The molecule has 5 heteroatoms. The van der Waals surface area contributed by atoms with E-state index in [0.717, 1.165) is 29.7 Å². The van der Waals surface area contributed by atoms with Crippen molar-refractivity contribution in [2.45, 2.75) is 25.3 Å². The topological polar surface area (TPSA) is 72.4 Å². The number of hydrogen-bond acceptors (Lipinski definition) is 3. The van der Waals surface area contributed by atoms with Crippen LogP contribution in [0.1, 0.15) is 29.6 Å². The van der Waals surface area contributed by atoms with Gasteiger partial charge in [0, 0.05) is 29.2 Å². The Morgan fingerprint density at radius 1 is 1.30 bits per heavy atom. The van der Waals surface area contributed by atoms with Crippen molar-refractivity contribution in [2.24, 2.45) is 23.3 Å². The Bertz CT molecular complexity index is 534. The number of primary amides is 1. The van der Waals surface area contributed by atoms with Crippen molar-refractivity contribution in [3.05, 3.63) is 28.2 Å². The molecule has 1 aliphatic carbocycles. The molecule has 1 aliphatic heterocycles. The maximum Gasteiger partial charge on any atom is 0.248 e. The van der Waals surface area contributed by atoms with Gasteiger partial charge in [0.05, 0.1) is 5.69 Å². The van der Waals surface area contributed by atoms with Crippen molar-refractivity contribution < 1.29 is 4.79 Å². The molecule has 3 rings (SSSR count). The van der Waals surface area contributed by atoms with Crippen molar-refractivity contribution in [2.75, 3.05) is 18.0 Å². The van der Waals surface area contributed by atoms with Gasteiger partial charge in [-0.15, -0.1) is 0 Å². The van der Waals surface area contributed by atoms with Crippen LogP contribution in [0.4, 0.5) is 5.69 Å². The summed E-state index contributed by atoms with van der Waals surface area (Å²) in [7, 11) is 0. The molecule has 1 saturated carbocycles. The van der Waals surface area contributed by atoms with Crippen LogP contribution in [0.2, 0.25) is 0 Å². The Balaban J connectivity index is 1.82. The molecule has 20 heavy (non-hydrogen) atoms. The second kappa shape index (κ2) is 5.37. The maximum absolute atomic E-state index is 11.2. The first-order valence-corrected chi connectivity index (χ1v) is 7.95. The van der Waals surface area contributed by atoms with Crippen LogP contribution in [-0.4, -0.2) is 25.0 Å². The summed E-state index contributed by atoms with van der Waals surface area (Å²) in [6.45, 7) is 2.08. The molecule has 0 bridgehead atoms. The molecule has 1 saturated heterocycles. The van der Waals surface area contributed by atoms with E-state index in [1.807, 2.05) is 6.07 Å². The number of benzene rings is 1. The molecule has 4 N–H and O–H groups in total. The molecule has 4 nitrogen and oxygen atoms in total. The number of nitrogens with zero attached hydrogens (tertiary/aromatic N) is 1. The van der Waals surface area contributed by atoms with E-state index in [1.165, 1.54) is 12.8 Å². The number of carbonyl (C=O) groups excluding carboxylic acids is 1. The molecule has 0 spiro atoms. The first-order chi connectivity index (χ1) is 9.56. The molecule has 1 heterocycles. The first-order valence-electron chi connectivity index (χ1n) is 7.16. The summed E-state index contributed by atoms with van der Waals surface area (Å²) < 4.78 is 0.931. The largest absolute Gasteiger partial charge is 0.370 e. The zero-order valence-corrected chi connectivity index (χ0v) is 13.0. The summed E-state index contributed by atoms with van der Waals surface area (Å²) in [6.07, 6.45) is 3.68. The Hall–Kier alpha value is -1.07. The Labute approximate surface area is 127 Å². The molecular weight excluding hydrogens is 318 g/mol. The van der Waals surface area contributed by atoms with Crippen LogP contribution in [0, 0.1) is 11.8 Å². The van der Waals surface area contributed by atoms with Gasteiger partial charge in [-0.1, -0.05) is 6.42 Å². The Kier molecular flexibility index (Phi) is 3.73. The summed E-state index contributed by atoms with van der Waals surface area (Å²) in [6, 6.07) is 5.92. The van der Waals surface area contributed by atoms with Gasteiger partial charge in [0.15, 0.2) is 0 Å². The number of halogens is 1. The molecule has 1 aromatic carbocycles. The molecule has 2 aliphatic rings. The summed E-state index contributed by atoms with van der Waals surface area (Å²) in [5, 5.41) is 0. The fraction of sp³-hybridized carbons (Fsp3) is 0.533. The number of fused-ring (bicyclic) bond motifs is 1. The average Bonchev–Trinajstić information content (AvgIpc) is 2.83. The molecule has 108 valence electrons. The number of nitrogens with two attached hydrogens (primary N) is 2. The minimum absolute atomic E-state index is 0.336. The normalized spacial score (nSPS) is 29.3. The van der Waals surface area contributed by atoms with Crippen LogP contribution < -0.4 is 16.4 Å². The highest BCUT2D eigenvalue weighted by Crippen LogP contribution is 2.39. The average molecular weight is 338 g/mol. The number of rotatable bonds is 2. The molecule has 1 aromatic rings. The lowest BCUT2D eigenvalue weighted by molar-refractivity contribution is 0.100. The van der Waals surface area contributed by atoms with Gasteiger partial charge in [0.1, 0.15) is 0 Å². The predicted molar refractivity (Wildman–Crippen MR) is 83.7 cm³/mol. The smallest absolute Gasteiger partial charge is 0.248 e. The maximum atomic E-state index is 11.2. The molecular formula is C15H20BrN3O. The number of hydrogen-bond donors (Lipinski definition) is 2. The Morgan fingerprint density at radius 2 is 2.10 bits per heavy atom. The van der Waals surface area contributed by atoms with E-state index in [0.29, 0.717) is 23.4 Å². The number of anilines is 1. The zero-order chi connectivity index (χ0) is 14.3. The standard InChI is InChI=1S/C15H20BrN3O/c16-12-6-9(15(18)20)4-5-14(12)19-7-10-2-1-3-13(17)11(10)8-19/h4-6,10-11,13H,1-3,7-8,17H2,(H2,18,20).